The minimum absolute atomic E-state index is 0.0211. The van der Waals surface area contributed by atoms with Crippen LogP contribution in [0.2, 0.25) is 5.02 Å². The van der Waals surface area contributed by atoms with E-state index in [1.54, 1.807) is 55.5 Å². The van der Waals surface area contributed by atoms with Crippen LogP contribution in [0.4, 0.5) is 13.6 Å². The predicted octanol–water partition coefficient (Wildman–Crippen LogP) is 6.81. The first kappa shape index (κ1) is 35.0. The van der Waals surface area contributed by atoms with Crippen molar-refractivity contribution >= 4 is 31.2 Å². The number of hydrogen-bond acceptors (Lipinski definition) is 6. The molecule has 13 heteroatoms. The molecule has 0 aliphatic carbocycles. The summed E-state index contributed by atoms with van der Waals surface area (Å²) in [5, 5.41) is 5.86. The van der Waals surface area contributed by atoms with E-state index in [1.165, 1.54) is 19.1 Å². The average Bonchev–Trinajstić information content (AvgIpc) is 3.00. The number of ether oxygens (including phenoxy) is 2. The Bertz CT molecular complexity index is 1400. The van der Waals surface area contributed by atoms with Crippen LogP contribution in [0.1, 0.15) is 43.4 Å². The summed E-state index contributed by atoms with van der Waals surface area (Å²) in [7, 11) is -5.33. The smallest absolute Gasteiger partial charge is 0.408 e. The van der Waals surface area contributed by atoms with Crippen molar-refractivity contribution in [2.45, 2.75) is 57.5 Å². The Kier molecular flexibility index (Phi) is 13.1. The molecule has 0 aliphatic rings. The van der Waals surface area contributed by atoms with Gasteiger partial charge in [-0.15, -0.1) is 0 Å². The third kappa shape index (κ3) is 10.6. The Hall–Kier alpha value is -3.50. The summed E-state index contributed by atoms with van der Waals surface area (Å²) >= 11 is 5.87. The highest BCUT2D eigenvalue weighted by atomic mass is 35.5. The molecule has 3 unspecified atom stereocenters. The first-order valence-electron chi connectivity index (χ1n) is 14.0. The van der Waals surface area contributed by atoms with E-state index in [1.807, 2.05) is 6.07 Å². The number of nitrogens with one attached hydrogen (secondary N) is 2. The van der Waals surface area contributed by atoms with E-state index < -0.39 is 43.0 Å². The molecule has 3 aromatic carbocycles. The molecule has 0 fully saturated rings. The summed E-state index contributed by atoms with van der Waals surface area (Å²) in [6, 6.07) is 19.3. The largest absolute Gasteiger partial charge is 0.494 e. The van der Waals surface area contributed by atoms with Gasteiger partial charge in [0.25, 0.3) is 0 Å². The molecule has 0 aliphatic heterocycles. The van der Waals surface area contributed by atoms with E-state index in [0.29, 0.717) is 29.4 Å². The van der Waals surface area contributed by atoms with Crippen LogP contribution in [-0.4, -0.2) is 42.2 Å². The highest BCUT2D eigenvalue weighted by Gasteiger charge is 2.53. The van der Waals surface area contributed by atoms with Gasteiger partial charge in [-0.1, -0.05) is 73.1 Å². The minimum atomic E-state index is -5.33. The van der Waals surface area contributed by atoms with Crippen LogP contribution >= 0.6 is 19.2 Å². The zero-order valence-electron chi connectivity index (χ0n) is 24.4. The van der Waals surface area contributed by atoms with Crippen LogP contribution in [0.25, 0.3) is 0 Å². The quantitative estimate of drug-likeness (QED) is 0.115. The number of rotatable bonds is 16. The number of carbonyl (C=O) groups excluding carboxylic acids is 2. The van der Waals surface area contributed by atoms with Crippen molar-refractivity contribution in [1.82, 2.24) is 10.6 Å². The predicted molar refractivity (Wildman–Crippen MR) is 163 cm³/mol. The lowest BCUT2D eigenvalue weighted by Crippen LogP contribution is -2.48. The molecule has 0 aromatic heterocycles. The van der Waals surface area contributed by atoms with Crippen molar-refractivity contribution in [1.29, 1.82) is 0 Å². The number of hydrogen-bond donors (Lipinski definition) is 3. The van der Waals surface area contributed by atoms with Gasteiger partial charge in [0.1, 0.15) is 18.4 Å². The second-order valence-electron chi connectivity index (χ2n) is 9.99. The fraction of sp³-hybridized carbons (Fsp3) is 0.355. The van der Waals surface area contributed by atoms with Gasteiger partial charge in [-0.2, -0.15) is 8.78 Å². The van der Waals surface area contributed by atoms with E-state index in [4.69, 9.17) is 25.6 Å². The number of halogens is 3. The molecule has 9 nitrogen and oxygen atoms in total. The lowest BCUT2D eigenvalue weighted by molar-refractivity contribution is -0.123. The van der Waals surface area contributed by atoms with Gasteiger partial charge in [0.2, 0.25) is 5.91 Å². The zero-order valence-corrected chi connectivity index (χ0v) is 26.0. The third-order valence-corrected chi connectivity index (χ3v) is 8.38. The van der Waals surface area contributed by atoms with Gasteiger partial charge < -0.3 is 29.5 Å². The molecule has 0 saturated heterocycles. The summed E-state index contributed by atoms with van der Waals surface area (Å²) in [5.74, 6) is 0.101. The van der Waals surface area contributed by atoms with Gasteiger partial charge in [0, 0.05) is 23.6 Å². The second kappa shape index (κ2) is 16.5. The highest BCUT2D eigenvalue weighted by Crippen LogP contribution is 2.63. The average molecular weight is 653 g/mol. The van der Waals surface area contributed by atoms with Crippen molar-refractivity contribution in [3.05, 3.63) is 101 Å². The fourth-order valence-electron chi connectivity index (χ4n) is 3.87. The molecule has 44 heavy (non-hydrogen) atoms. The molecule has 3 rings (SSSR count). The number of benzene rings is 3. The number of carbonyl (C=O) groups is 2. The van der Waals surface area contributed by atoms with E-state index in [9.17, 15) is 27.8 Å². The SMILES string of the molecule is CCC(C)OP(=O)(O)C(F)(F)c1ccc(CC(NC(=O)OCc2ccccc2)C(=O)NCCCOc2ccc(Cl)cc2)cc1. The van der Waals surface area contributed by atoms with Crippen LogP contribution < -0.4 is 15.4 Å². The van der Waals surface area contributed by atoms with Gasteiger partial charge >= 0.3 is 19.4 Å². The van der Waals surface area contributed by atoms with Gasteiger partial charge in [0.05, 0.1) is 12.7 Å². The third-order valence-electron chi connectivity index (χ3n) is 6.52. The Balaban J connectivity index is 1.64. The van der Waals surface area contributed by atoms with Crippen molar-refractivity contribution in [2.75, 3.05) is 13.2 Å². The number of alkyl carbamates (subject to hydrolysis) is 1. The van der Waals surface area contributed by atoms with Crippen LogP contribution in [0.5, 0.6) is 5.75 Å². The lowest BCUT2D eigenvalue weighted by atomic mass is 10.0. The molecule has 3 atom stereocenters. The molecule has 2 amide bonds. The molecule has 0 heterocycles. The summed E-state index contributed by atoms with van der Waals surface area (Å²) in [4.78, 5) is 35.6. The lowest BCUT2D eigenvalue weighted by Gasteiger charge is -2.25. The fourth-order valence-corrected chi connectivity index (χ4v) is 5.24. The maximum Gasteiger partial charge on any atom is 0.408 e. The Morgan fingerprint density at radius 1 is 1.00 bits per heavy atom. The van der Waals surface area contributed by atoms with E-state index in [0.717, 1.165) is 17.7 Å². The van der Waals surface area contributed by atoms with E-state index in [2.05, 4.69) is 10.6 Å². The molecule has 0 spiro atoms. The van der Waals surface area contributed by atoms with Crippen molar-refractivity contribution in [3.63, 3.8) is 0 Å². The Labute approximate surface area is 260 Å². The minimum Gasteiger partial charge on any atom is -0.494 e. The highest BCUT2D eigenvalue weighted by molar-refractivity contribution is 7.53. The van der Waals surface area contributed by atoms with Crippen molar-refractivity contribution in [3.8, 4) is 5.75 Å². The molecule has 0 saturated carbocycles. The van der Waals surface area contributed by atoms with Gasteiger partial charge in [-0.05, 0) is 55.2 Å². The first-order valence-corrected chi connectivity index (χ1v) is 16.0. The molecular formula is C31H36ClF2N2O7P. The van der Waals surface area contributed by atoms with Crippen molar-refractivity contribution < 1.29 is 41.8 Å². The van der Waals surface area contributed by atoms with Crippen LogP contribution in [0, 0.1) is 0 Å². The summed E-state index contributed by atoms with van der Waals surface area (Å²) in [6.45, 7) is 3.59. The van der Waals surface area contributed by atoms with Crippen molar-refractivity contribution in [2.24, 2.45) is 0 Å². The molecule has 238 valence electrons. The van der Waals surface area contributed by atoms with Gasteiger partial charge in [-0.25, -0.2) is 4.79 Å². The molecular weight excluding hydrogens is 617 g/mol. The zero-order chi connectivity index (χ0) is 32.2. The Morgan fingerprint density at radius 3 is 2.30 bits per heavy atom. The van der Waals surface area contributed by atoms with Gasteiger partial charge in [0.15, 0.2) is 0 Å². The first-order chi connectivity index (χ1) is 20.9. The van der Waals surface area contributed by atoms with Crippen LogP contribution in [0.3, 0.4) is 0 Å². The van der Waals surface area contributed by atoms with E-state index >= 15 is 0 Å². The standard InChI is InChI=1S/C31H36ClF2N2O7P/c1-3-22(2)43-44(39,40)31(33,34)25-12-10-23(11-13-25)20-28(36-30(38)42-21-24-8-5-4-6-9-24)29(37)35-18-7-19-41-27-16-14-26(32)15-17-27/h4-6,8-17,22,28H,3,7,18-21H2,1-2H3,(H,35,37)(H,36,38)(H,39,40). The second-order valence-corrected chi connectivity index (χ2v) is 12.2. The Morgan fingerprint density at radius 2 is 1.66 bits per heavy atom. The number of amides is 2. The van der Waals surface area contributed by atoms with E-state index in [-0.39, 0.29) is 26.0 Å². The normalized spacial score (nSPS) is 14.1. The van der Waals surface area contributed by atoms with Crippen LogP contribution in [-0.2, 0) is 37.3 Å². The summed E-state index contributed by atoms with van der Waals surface area (Å²) < 4.78 is 57.7. The molecule has 3 N–H and O–H groups in total. The monoisotopic (exact) mass is 652 g/mol. The molecule has 0 bridgehead atoms. The molecule has 0 radical (unpaired) electrons. The summed E-state index contributed by atoms with van der Waals surface area (Å²) in [5.41, 5.74) is -3.71. The maximum absolute atomic E-state index is 14.9. The van der Waals surface area contributed by atoms with Crippen LogP contribution in [0.15, 0.2) is 78.9 Å². The maximum atomic E-state index is 14.9. The number of alkyl halides is 2. The summed E-state index contributed by atoms with van der Waals surface area (Å²) in [6.07, 6.45) is -1.01. The molecule has 3 aromatic rings. The topological polar surface area (TPSA) is 123 Å². The van der Waals surface area contributed by atoms with Gasteiger partial charge in [-0.3, -0.25) is 9.36 Å².